The highest BCUT2D eigenvalue weighted by molar-refractivity contribution is 9.11. The molecule has 6 aromatic carbocycles. The molecule has 12 rings (SSSR count). The molecule has 31 heteroatoms. The maximum atomic E-state index is 12.7. The highest BCUT2D eigenvalue weighted by Gasteiger charge is 2.32. The van der Waals surface area contributed by atoms with E-state index in [0.29, 0.717) is 31.1 Å². The smallest absolute Gasteiger partial charge is 0.497 e. The van der Waals surface area contributed by atoms with Crippen LogP contribution in [0.1, 0.15) is 84.2 Å². The summed E-state index contributed by atoms with van der Waals surface area (Å²) in [6, 6.07) is 44.7. The van der Waals surface area contributed by atoms with E-state index in [2.05, 4.69) is 114 Å². The molecule has 0 saturated carbocycles. The molecule has 612 valence electrons. The van der Waals surface area contributed by atoms with Crippen LogP contribution in [0.15, 0.2) is 164 Å². The van der Waals surface area contributed by atoms with Gasteiger partial charge in [-0.3, -0.25) is 0 Å². The average molecular weight is 2040 g/mol. The van der Waals surface area contributed by atoms with E-state index >= 15 is 0 Å². The Labute approximate surface area is 747 Å². The molecular formula is C81H82Br3Cl9F8O5S6. The Morgan fingerprint density at radius 1 is 0.312 bits per heavy atom. The van der Waals surface area contributed by atoms with E-state index in [0.717, 1.165) is 71.7 Å². The zero-order valence-corrected chi connectivity index (χ0v) is 80.4. The average Bonchev–Trinajstić information content (AvgIpc) is 0.941. The Bertz CT molecular complexity index is 4420. The molecule has 0 aliphatic heterocycles. The summed E-state index contributed by atoms with van der Waals surface area (Å²) in [4.78, 5) is 8.73. The third-order valence-electron chi connectivity index (χ3n) is 13.1. The number of hydrogen-bond donors (Lipinski definition) is 0. The molecule has 0 saturated heterocycles. The van der Waals surface area contributed by atoms with Crippen molar-refractivity contribution in [1.29, 1.82) is 0 Å². The number of ether oxygens (including phenoxy) is 5. The molecule has 6 aromatic heterocycles. The number of thiophene rings is 6. The first-order valence-corrected chi connectivity index (χ1v) is 43.0. The molecule has 0 N–H and O–H groups in total. The van der Waals surface area contributed by atoms with Crippen LogP contribution in [0.4, 0.5) is 35.1 Å². The number of halogens is 20. The van der Waals surface area contributed by atoms with Gasteiger partial charge in [0, 0.05) is 54.7 Å². The second-order valence-corrected chi connectivity index (χ2v) is 38.5. The molecule has 0 radical (unpaired) electrons. The van der Waals surface area contributed by atoms with Crippen LogP contribution in [0, 0.1) is 122 Å². The highest BCUT2D eigenvalue weighted by Crippen LogP contribution is 2.36. The zero-order chi connectivity index (χ0) is 85.7. The van der Waals surface area contributed by atoms with Crippen LogP contribution in [0.25, 0.3) is 0 Å². The van der Waals surface area contributed by atoms with Crippen molar-refractivity contribution in [3.05, 3.63) is 303 Å². The minimum Gasteiger partial charge on any atom is -0.497 e. The lowest BCUT2D eigenvalue weighted by Crippen LogP contribution is -2.17. The number of hydrogen-bond acceptors (Lipinski definition) is 11. The summed E-state index contributed by atoms with van der Waals surface area (Å²) in [6.07, 6.45) is -9.26. The van der Waals surface area contributed by atoms with E-state index in [1.54, 1.807) is 123 Å². The van der Waals surface area contributed by atoms with Gasteiger partial charge in [-0.2, -0.15) is 0 Å². The monoisotopic (exact) mass is 2030 g/mol. The first kappa shape index (κ1) is 106. The molecule has 112 heavy (non-hydrogen) atoms. The van der Waals surface area contributed by atoms with Gasteiger partial charge >= 0.3 is 12.7 Å². The first-order chi connectivity index (χ1) is 51.9. The van der Waals surface area contributed by atoms with E-state index in [1.807, 2.05) is 128 Å². The van der Waals surface area contributed by atoms with Crippen LogP contribution in [0.3, 0.4) is 0 Å². The van der Waals surface area contributed by atoms with Crippen LogP contribution in [0.2, 0.25) is 43.1 Å². The van der Waals surface area contributed by atoms with Gasteiger partial charge in [-0.25, -0.2) is 8.78 Å². The summed E-state index contributed by atoms with van der Waals surface area (Å²) >= 11 is 70.7. The number of aryl methyl sites for hydroxylation is 16. The predicted octanol–water partition coefficient (Wildman–Crippen LogP) is 35.8. The molecule has 6 heterocycles. The van der Waals surface area contributed by atoms with Crippen molar-refractivity contribution in [2.45, 2.75) is 124 Å². The summed E-state index contributed by atoms with van der Waals surface area (Å²) in [5, 5.41) is 5.40. The van der Waals surface area contributed by atoms with Crippen molar-refractivity contribution in [2.75, 3.05) is 21.3 Å². The van der Waals surface area contributed by atoms with Crippen LogP contribution in [-0.2, 0) is 0 Å². The molecule has 0 bridgehead atoms. The predicted molar refractivity (Wildman–Crippen MR) is 481 cm³/mol. The maximum absolute atomic E-state index is 12.7. The molecule has 0 unspecified atom stereocenters. The van der Waals surface area contributed by atoms with Gasteiger partial charge in [0.25, 0.3) is 0 Å². The van der Waals surface area contributed by atoms with Gasteiger partial charge in [-0.15, -0.1) is 94.4 Å². The lowest BCUT2D eigenvalue weighted by Gasteiger charge is -2.11. The van der Waals surface area contributed by atoms with Gasteiger partial charge in [0.05, 0.1) is 58.4 Å². The number of methoxy groups -OCH3 is 3. The van der Waals surface area contributed by atoms with Crippen molar-refractivity contribution in [1.82, 2.24) is 0 Å². The van der Waals surface area contributed by atoms with Crippen molar-refractivity contribution < 1.29 is 58.8 Å². The summed E-state index contributed by atoms with van der Waals surface area (Å²) < 4.78 is 123. The topological polar surface area (TPSA) is 46.2 Å². The largest absolute Gasteiger partial charge is 0.573 e. The molecule has 12 aromatic rings. The Balaban J connectivity index is 0.000000614. The van der Waals surface area contributed by atoms with Crippen molar-refractivity contribution in [3.63, 3.8) is 0 Å². The van der Waals surface area contributed by atoms with Gasteiger partial charge in [-0.1, -0.05) is 146 Å². The molecule has 0 fully saturated rings. The second-order valence-electron chi connectivity index (χ2n) is 23.3. The van der Waals surface area contributed by atoms with Gasteiger partial charge < -0.3 is 23.7 Å². The summed E-state index contributed by atoms with van der Waals surface area (Å²) in [6.45, 7) is 30.9. The van der Waals surface area contributed by atoms with Crippen LogP contribution >= 0.6 is 220 Å². The molecular weight excluding hydrogens is 1960 g/mol. The maximum Gasteiger partial charge on any atom is 0.573 e. The fourth-order valence-corrected chi connectivity index (χ4v) is 16.5. The number of benzene rings is 6. The summed E-state index contributed by atoms with van der Waals surface area (Å²) in [5.74, 6) is -0.687. The third-order valence-corrected chi connectivity index (χ3v) is 24.4. The van der Waals surface area contributed by atoms with E-state index in [9.17, 15) is 35.1 Å². The van der Waals surface area contributed by atoms with E-state index in [-0.39, 0.29) is 21.7 Å². The van der Waals surface area contributed by atoms with E-state index < -0.39 is 24.4 Å². The lowest BCUT2D eigenvalue weighted by atomic mass is 10.1. The SMILES string of the molecule is COc1cc(C)c(F)cc1F.COc1cc(C)cc(Cl)c1.COc1sc(C)cc1Cl.Cc1cc(C)c(Cl)s1.Cc1cc(Cl)c(C)s1.Cc1cc(Cl)c(Cl)s1.Cc1ccc(Br)c(OC(F)(F)F)c1.Cc1ccc(Br)s1.Cc1ccc(C)c(OC(F)(F)F)c1.Cc1ccc(Cl)c(Br)c1.Cc1ccc(Cl)c(C)c1.Cc1ccc(Cl)s1. The first-order valence-electron chi connectivity index (χ1n) is 32.4. The Hall–Kier alpha value is -3.99. The molecule has 0 aliphatic carbocycles. The summed E-state index contributed by atoms with van der Waals surface area (Å²) in [5.41, 5.74) is 8.23. The second kappa shape index (κ2) is 54.2. The molecule has 0 atom stereocenters. The van der Waals surface area contributed by atoms with Crippen molar-refractivity contribution in [2.24, 2.45) is 0 Å². The van der Waals surface area contributed by atoms with Gasteiger partial charge in [0.2, 0.25) is 0 Å². The minimum atomic E-state index is -4.64. The standard InChI is InChI=1S/C9H9F3O.C8H6BrF3O.C8H9ClO.C8H9Cl.C8H8F2O.C7H6BrCl.C6H7ClOS.2C6H7ClS.C5H5BrS.C5H4Cl2S.C5H5ClS/c1-6-3-4-7(2)8(5-6)13-9(10,11)12;1-5-2-3-6(9)7(4-5)13-8(10,11)12;1-6-3-7(9)5-8(4-6)10-2;1-6-3-4-8(9)7(2)5-6;1-5-3-8(11-2)7(10)4-6(5)9;1-5-2-3-7(9)6(8)4-5;1-4-3-5(7)6(8-2)9-4;1-4-3-6(7)5(2)8-4;1-4-3-5(2)8-6(4)7;1-4-2-3-5(6)7-4;1-3-2-4(6)5(7)8-3;1-4-2-3-5(6)7-4/h3-5H,1-2H3;2-4H,1H3;3-5H,1-2H3;3-5H,1-2H3;3-4H,1-2H3;2-4H,1H3;3H,1-2H3;2*3H,1-2H3;2-3H,1H3;2H,1H3;2-3H,1H3. The zero-order valence-electron chi connectivity index (χ0n) is 64.0. The van der Waals surface area contributed by atoms with Crippen LogP contribution in [-0.4, -0.2) is 34.1 Å². The Morgan fingerprint density at radius 3 is 1.14 bits per heavy atom. The van der Waals surface area contributed by atoms with Crippen LogP contribution in [0.5, 0.6) is 28.1 Å². The van der Waals surface area contributed by atoms with Crippen molar-refractivity contribution in [3.8, 4) is 28.1 Å². The Morgan fingerprint density at radius 2 is 0.804 bits per heavy atom. The Kier molecular flexibility index (Phi) is 51.3. The molecule has 0 aliphatic rings. The number of alkyl halides is 6. The normalized spacial score (nSPS) is 10.1. The molecule has 0 amide bonds. The summed E-state index contributed by atoms with van der Waals surface area (Å²) in [7, 11) is 4.60. The van der Waals surface area contributed by atoms with E-state index in [4.69, 9.17) is 114 Å². The van der Waals surface area contributed by atoms with Gasteiger partial charge in [-0.05, 0) is 312 Å². The van der Waals surface area contributed by atoms with Crippen LogP contribution < -0.4 is 23.7 Å². The fraction of sp³-hybridized carbons (Fsp3) is 0.259. The van der Waals surface area contributed by atoms with Crippen molar-refractivity contribution >= 4 is 220 Å². The van der Waals surface area contributed by atoms with Gasteiger partial charge in [0.1, 0.15) is 27.4 Å². The molecule has 5 nitrogen and oxygen atoms in total. The lowest BCUT2D eigenvalue weighted by molar-refractivity contribution is -0.275. The minimum absolute atomic E-state index is 0.0731. The highest BCUT2D eigenvalue weighted by atomic mass is 79.9. The fourth-order valence-electron chi connectivity index (χ4n) is 7.84. The van der Waals surface area contributed by atoms with Gasteiger partial charge in [0.15, 0.2) is 16.6 Å². The third kappa shape index (κ3) is 46.8. The molecule has 0 spiro atoms. The number of rotatable bonds is 5. The van der Waals surface area contributed by atoms with E-state index in [1.165, 1.54) is 92.5 Å². The quantitative estimate of drug-likeness (QED) is 0.161.